The van der Waals surface area contributed by atoms with Crippen molar-refractivity contribution in [1.82, 2.24) is 5.32 Å². The van der Waals surface area contributed by atoms with Crippen LogP contribution >= 0.6 is 0 Å². The second kappa shape index (κ2) is 7.74. The molecule has 0 aromatic carbocycles. The van der Waals surface area contributed by atoms with Gasteiger partial charge in [0, 0.05) is 6.61 Å². The number of hydrogen-bond donors (Lipinski definition) is 1. The fraction of sp³-hybridized carbons (Fsp3) is 0.929. The maximum Gasteiger partial charge on any atom is 0.326 e. The molecule has 4 heteroatoms. The van der Waals surface area contributed by atoms with E-state index in [0.29, 0.717) is 19.1 Å². The third kappa shape index (κ3) is 4.58. The van der Waals surface area contributed by atoms with Crippen molar-refractivity contribution >= 4 is 5.97 Å². The third-order valence-electron chi connectivity index (χ3n) is 3.22. The van der Waals surface area contributed by atoms with E-state index in [4.69, 9.17) is 9.47 Å². The molecule has 106 valence electrons. The van der Waals surface area contributed by atoms with Gasteiger partial charge in [0.15, 0.2) is 0 Å². The van der Waals surface area contributed by atoms with E-state index in [1.165, 1.54) is 0 Å². The molecule has 0 aromatic heterocycles. The van der Waals surface area contributed by atoms with Crippen molar-refractivity contribution in [3.63, 3.8) is 0 Å². The first-order valence-corrected chi connectivity index (χ1v) is 7.10. The van der Waals surface area contributed by atoms with E-state index in [1.54, 1.807) is 0 Å². The van der Waals surface area contributed by atoms with Crippen molar-refractivity contribution in [2.24, 2.45) is 5.92 Å². The molecule has 1 atom stereocenters. The first-order chi connectivity index (χ1) is 8.60. The molecule has 1 heterocycles. The van der Waals surface area contributed by atoms with Crippen LogP contribution in [0.15, 0.2) is 0 Å². The highest BCUT2D eigenvalue weighted by molar-refractivity contribution is 5.81. The quantitative estimate of drug-likeness (QED) is 0.534. The fourth-order valence-corrected chi connectivity index (χ4v) is 2.37. The molecule has 1 unspecified atom stereocenters. The predicted octanol–water partition coefficient (Wildman–Crippen LogP) is 2.12. The van der Waals surface area contributed by atoms with Crippen LogP contribution in [-0.4, -0.2) is 37.9 Å². The largest absolute Gasteiger partial charge is 0.462 e. The molecule has 0 amide bonds. The molecule has 0 radical (unpaired) electrons. The molecule has 0 aromatic rings. The minimum absolute atomic E-state index is 0.102. The molecular weight excluding hydrogens is 230 g/mol. The van der Waals surface area contributed by atoms with Crippen molar-refractivity contribution in [2.75, 3.05) is 26.4 Å². The van der Waals surface area contributed by atoms with Gasteiger partial charge >= 0.3 is 5.97 Å². The van der Waals surface area contributed by atoms with Gasteiger partial charge in [-0.2, -0.15) is 0 Å². The predicted molar refractivity (Wildman–Crippen MR) is 71.5 cm³/mol. The Morgan fingerprint density at radius 2 is 2.17 bits per heavy atom. The van der Waals surface area contributed by atoms with Crippen LogP contribution in [0.3, 0.4) is 0 Å². The van der Waals surface area contributed by atoms with Gasteiger partial charge in [0.2, 0.25) is 0 Å². The maximum atomic E-state index is 12.1. The highest BCUT2D eigenvalue weighted by Crippen LogP contribution is 2.26. The average molecular weight is 257 g/mol. The Labute approximate surface area is 110 Å². The first-order valence-electron chi connectivity index (χ1n) is 7.10. The van der Waals surface area contributed by atoms with Gasteiger partial charge in [-0.25, -0.2) is 0 Å². The Balaban J connectivity index is 2.25. The molecule has 0 spiro atoms. The monoisotopic (exact) mass is 257 g/mol. The lowest BCUT2D eigenvalue weighted by atomic mass is 9.92. The van der Waals surface area contributed by atoms with Gasteiger partial charge in [0.1, 0.15) is 12.1 Å². The summed E-state index contributed by atoms with van der Waals surface area (Å²) < 4.78 is 10.7. The Morgan fingerprint density at radius 1 is 1.39 bits per heavy atom. The van der Waals surface area contributed by atoms with Gasteiger partial charge in [0.25, 0.3) is 0 Å². The zero-order chi connectivity index (χ0) is 13.4. The number of carbonyl (C=O) groups is 1. The van der Waals surface area contributed by atoms with Crippen LogP contribution in [0, 0.1) is 5.92 Å². The second-order valence-corrected chi connectivity index (χ2v) is 5.47. The highest BCUT2D eigenvalue weighted by atomic mass is 16.6. The van der Waals surface area contributed by atoms with Gasteiger partial charge in [-0.3, -0.25) is 4.79 Å². The van der Waals surface area contributed by atoms with Crippen LogP contribution in [0.4, 0.5) is 0 Å². The summed E-state index contributed by atoms with van der Waals surface area (Å²) in [6.07, 6.45) is 3.80. The van der Waals surface area contributed by atoms with Gasteiger partial charge in [-0.05, 0) is 31.7 Å². The lowest BCUT2D eigenvalue weighted by Gasteiger charge is -2.26. The van der Waals surface area contributed by atoms with Crippen LogP contribution in [0.25, 0.3) is 0 Å². The number of rotatable bonds is 8. The molecule has 1 aliphatic heterocycles. The van der Waals surface area contributed by atoms with Crippen LogP contribution in [0.5, 0.6) is 0 Å². The second-order valence-electron chi connectivity index (χ2n) is 5.47. The van der Waals surface area contributed by atoms with Crippen molar-refractivity contribution in [1.29, 1.82) is 0 Å². The summed E-state index contributed by atoms with van der Waals surface area (Å²) in [5, 5.41) is 3.31. The van der Waals surface area contributed by atoms with E-state index in [9.17, 15) is 4.79 Å². The van der Waals surface area contributed by atoms with E-state index < -0.39 is 5.54 Å². The number of carbonyl (C=O) groups excluding carboxylic acids is 1. The first kappa shape index (κ1) is 15.4. The van der Waals surface area contributed by atoms with E-state index in [2.05, 4.69) is 26.1 Å². The Bertz CT molecular complexity index is 247. The molecule has 1 rings (SSSR count). The zero-order valence-corrected chi connectivity index (χ0v) is 12.0. The molecule has 0 saturated carbocycles. The topological polar surface area (TPSA) is 47.6 Å². The summed E-state index contributed by atoms with van der Waals surface area (Å²) in [4.78, 5) is 12.1. The summed E-state index contributed by atoms with van der Waals surface area (Å²) in [5.41, 5.74) is -0.424. The highest BCUT2D eigenvalue weighted by Gasteiger charge is 2.41. The molecular formula is C14H27NO3. The van der Waals surface area contributed by atoms with E-state index >= 15 is 0 Å². The smallest absolute Gasteiger partial charge is 0.326 e. The van der Waals surface area contributed by atoms with Crippen LogP contribution < -0.4 is 5.32 Å². The average Bonchev–Trinajstić information content (AvgIpc) is 2.78. The number of esters is 1. The maximum absolute atomic E-state index is 12.1. The van der Waals surface area contributed by atoms with Crippen molar-refractivity contribution in [3.8, 4) is 0 Å². The minimum Gasteiger partial charge on any atom is -0.462 e. The van der Waals surface area contributed by atoms with Crippen LogP contribution in [0.1, 0.15) is 46.5 Å². The molecule has 1 saturated heterocycles. The summed E-state index contributed by atoms with van der Waals surface area (Å²) in [5.74, 6) is 0.415. The van der Waals surface area contributed by atoms with Crippen LogP contribution in [-0.2, 0) is 14.3 Å². The molecule has 1 N–H and O–H groups in total. The van der Waals surface area contributed by atoms with Crippen molar-refractivity contribution < 1.29 is 14.3 Å². The van der Waals surface area contributed by atoms with Gasteiger partial charge < -0.3 is 14.8 Å². The van der Waals surface area contributed by atoms with Crippen LogP contribution in [0.2, 0.25) is 0 Å². The van der Waals surface area contributed by atoms with Gasteiger partial charge in [0.05, 0.1) is 6.61 Å². The normalized spacial score (nSPS) is 23.6. The Kier molecular flexibility index (Phi) is 6.65. The lowest BCUT2D eigenvalue weighted by molar-refractivity contribution is -0.153. The molecule has 1 fully saturated rings. The van der Waals surface area contributed by atoms with E-state index in [1.807, 2.05) is 0 Å². The molecule has 1 aliphatic rings. The number of hydrogen-bond acceptors (Lipinski definition) is 4. The lowest BCUT2D eigenvalue weighted by Crippen LogP contribution is -2.48. The number of nitrogens with one attached hydrogen (secondary N) is 1. The standard InChI is InChI=1S/C14H27NO3/c1-4-6-14(7-5-8-15-14)13(16)18-10-9-17-11-12(2)3/h12,15H,4-11H2,1-3H3. The van der Waals surface area contributed by atoms with E-state index in [0.717, 1.165) is 38.8 Å². The fourth-order valence-electron chi connectivity index (χ4n) is 2.37. The van der Waals surface area contributed by atoms with Gasteiger partial charge in [-0.1, -0.05) is 27.2 Å². The summed E-state index contributed by atoms with van der Waals surface area (Å²) in [7, 11) is 0. The molecule has 18 heavy (non-hydrogen) atoms. The zero-order valence-electron chi connectivity index (χ0n) is 12.0. The summed E-state index contributed by atoms with van der Waals surface area (Å²) >= 11 is 0. The summed E-state index contributed by atoms with van der Waals surface area (Å²) in [6.45, 7) is 8.79. The van der Waals surface area contributed by atoms with Crippen molar-refractivity contribution in [3.05, 3.63) is 0 Å². The van der Waals surface area contributed by atoms with E-state index in [-0.39, 0.29) is 5.97 Å². The molecule has 0 aliphatic carbocycles. The Hall–Kier alpha value is -0.610. The Morgan fingerprint density at radius 3 is 2.72 bits per heavy atom. The molecule has 4 nitrogen and oxygen atoms in total. The summed E-state index contributed by atoms with van der Waals surface area (Å²) in [6, 6.07) is 0. The molecule has 0 bridgehead atoms. The third-order valence-corrected chi connectivity index (χ3v) is 3.22. The minimum atomic E-state index is -0.424. The SMILES string of the molecule is CCCC1(C(=O)OCCOCC(C)C)CCCN1. The number of ether oxygens (including phenoxy) is 2. The van der Waals surface area contributed by atoms with Gasteiger partial charge in [-0.15, -0.1) is 0 Å². The van der Waals surface area contributed by atoms with Crippen molar-refractivity contribution in [2.45, 2.75) is 52.0 Å².